The lowest BCUT2D eigenvalue weighted by Gasteiger charge is -2.11. The van der Waals surface area contributed by atoms with E-state index in [1.54, 1.807) is 0 Å². The van der Waals surface area contributed by atoms with E-state index in [0.29, 0.717) is 0 Å². The smallest absolute Gasteiger partial charge is 0.0540 e. The van der Waals surface area contributed by atoms with Crippen LogP contribution >= 0.6 is 0 Å². The maximum Gasteiger partial charge on any atom is 0.0540 e. The van der Waals surface area contributed by atoms with Crippen molar-refractivity contribution in [3.63, 3.8) is 0 Å². The zero-order chi connectivity index (χ0) is 19.2. The highest BCUT2D eigenvalue weighted by Gasteiger charge is 1.98. The standard InChI is InChI=1S/C25H38N2/c1-3-5-7-9-11-13-23-16-20-25(21-17-23)27-26-24-18-14-22(15-19-24)12-10-8-6-4-2/h14-21,26-27H,3-13H2,1-2H3. The fraction of sp³-hybridized carbons (Fsp3) is 0.520. The van der Waals surface area contributed by atoms with Gasteiger partial charge in [-0.25, -0.2) is 0 Å². The van der Waals surface area contributed by atoms with E-state index in [2.05, 4.69) is 73.2 Å². The van der Waals surface area contributed by atoms with Crippen LogP contribution in [0.15, 0.2) is 48.5 Å². The summed E-state index contributed by atoms with van der Waals surface area (Å²) < 4.78 is 0. The van der Waals surface area contributed by atoms with Crippen molar-refractivity contribution in [2.24, 2.45) is 0 Å². The van der Waals surface area contributed by atoms with Gasteiger partial charge in [-0.3, -0.25) is 0 Å². The minimum Gasteiger partial charge on any atom is -0.301 e. The molecule has 0 aromatic heterocycles. The molecule has 0 aliphatic carbocycles. The Kier molecular flexibility index (Phi) is 10.5. The number of anilines is 2. The zero-order valence-electron chi connectivity index (χ0n) is 17.4. The fourth-order valence-corrected chi connectivity index (χ4v) is 3.34. The largest absolute Gasteiger partial charge is 0.301 e. The molecule has 27 heavy (non-hydrogen) atoms. The molecule has 2 nitrogen and oxygen atoms in total. The lowest BCUT2D eigenvalue weighted by molar-refractivity contribution is 0.632. The molecule has 0 unspecified atom stereocenters. The van der Waals surface area contributed by atoms with E-state index in [4.69, 9.17) is 0 Å². The second kappa shape index (κ2) is 13.2. The number of nitrogens with one attached hydrogen (secondary N) is 2. The van der Waals surface area contributed by atoms with E-state index in [0.717, 1.165) is 11.4 Å². The number of benzene rings is 2. The van der Waals surface area contributed by atoms with Crippen molar-refractivity contribution in [1.82, 2.24) is 0 Å². The molecule has 0 bridgehead atoms. The quantitative estimate of drug-likeness (QED) is 0.264. The van der Waals surface area contributed by atoms with Crippen LogP contribution in [0.3, 0.4) is 0 Å². The Labute approximate surface area is 166 Å². The van der Waals surface area contributed by atoms with Crippen LogP contribution in [0.2, 0.25) is 0 Å². The predicted octanol–water partition coefficient (Wildman–Crippen LogP) is 7.76. The first kappa shape index (κ1) is 21.3. The van der Waals surface area contributed by atoms with Gasteiger partial charge in [0.2, 0.25) is 0 Å². The summed E-state index contributed by atoms with van der Waals surface area (Å²) in [4.78, 5) is 0. The van der Waals surface area contributed by atoms with Gasteiger partial charge in [-0.05, 0) is 61.1 Å². The van der Waals surface area contributed by atoms with E-state index >= 15 is 0 Å². The molecule has 0 saturated heterocycles. The Morgan fingerprint density at radius 3 is 1.26 bits per heavy atom. The number of aryl methyl sites for hydroxylation is 2. The number of hydrogen-bond donors (Lipinski definition) is 2. The molecule has 2 rings (SSSR count). The monoisotopic (exact) mass is 366 g/mol. The van der Waals surface area contributed by atoms with Gasteiger partial charge in [0.25, 0.3) is 0 Å². The van der Waals surface area contributed by atoms with Crippen molar-refractivity contribution in [3.8, 4) is 0 Å². The van der Waals surface area contributed by atoms with Crippen LogP contribution in [0, 0.1) is 0 Å². The van der Waals surface area contributed by atoms with E-state index in [1.165, 1.54) is 81.8 Å². The van der Waals surface area contributed by atoms with Crippen molar-refractivity contribution in [2.45, 2.75) is 84.5 Å². The molecule has 0 atom stereocenters. The number of rotatable bonds is 14. The third kappa shape index (κ3) is 8.99. The second-order valence-corrected chi connectivity index (χ2v) is 7.62. The highest BCUT2D eigenvalue weighted by atomic mass is 15.4. The maximum absolute atomic E-state index is 3.30. The summed E-state index contributed by atoms with van der Waals surface area (Å²) in [7, 11) is 0. The molecule has 0 heterocycles. The SMILES string of the molecule is CCCCCCCc1ccc(NNc2ccc(CCCCCC)cc2)cc1. The highest BCUT2D eigenvalue weighted by molar-refractivity contribution is 5.53. The summed E-state index contributed by atoms with van der Waals surface area (Å²) >= 11 is 0. The lowest BCUT2D eigenvalue weighted by Crippen LogP contribution is -2.08. The van der Waals surface area contributed by atoms with Crippen molar-refractivity contribution < 1.29 is 0 Å². The van der Waals surface area contributed by atoms with Gasteiger partial charge in [0.1, 0.15) is 0 Å². The molecule has 0 saturated carbocycles. The lowest BCUT2D eigenvalue weighted by atomic mass is 10.1. The maximum atomic E-state index is 3.30. The molecular formula is C25H38N2. The van der Waals surface area contributed by atoms with Gasteiger partial charge >= 0.3 is 0 Å². The third-order valence-electron chi connectivity index (χ3n) is 5.15. The van der Waals surface area contributed by atoms with Crippen molar-refractivity contribution in [2.75, 3.05) is 10.9 Å². The molecule has 148 valence electrons. The van der Waals surface area contributed by atoms with Gasteiger partial charge in [0.15, 0.2) is 0 Å². The van der Waals surface area contributed by atoms with Crippen molar-refractivity contribution in [1.29, 1.82) is 0 Å². The second-order valence-electron chi connectivity index (χ2n) is 7.62. The van der Waals surface area contributed by atoms with Gasteiger partial charge in [-0.2, -0.15) is 0 Å². The topological polar surface area (TPSA) is 24.1 Å². The summed E-state index contributed by atoms with van der Waals surface area (Å²) in [5, 5.41) is 0. The molecule has 0 aliphatic heterocycles. The van der Waals surface area contributed by atoms with Crippen molar-refractivity contribution >= 4 is 11.4 Å². The Balaban J connectivity index is 1.68. The molecule has 2 aromatic rings. The van der Waals surface area contributed by atoms with E-state index in [1.807, 2.05) is 0 Å². The number of unbranched alkanes of at least 4 members (excludes halogenated alkanes) is 7. The summed E-state index contributed by atoms with van der Waals surface area (Å²) in [6, 6.07) is 17.6. The predicted molar refractivity (Wildman–Crippen MR) is 120 cm³/mol. The highest BCUT2D eigenvalue weighted by Crippen LogP contribution is 2.16. The normalized spacial score (nSPS) is 10.7. The molecule has 0 spiro atoms. The van der Waals surface area contributed by atoms with Gasteiger partial charge in [0.05, 0.1) is 11.4 Å². The van der Waals surface area contributed by atoms with Crippen LogP contribution in [-0.2, 0) is 12.8 Å². The molecule has 0 fully saturated rings. The molecule has 2 N–H and O–H groups in total. The van der Waals surface area contributed by atoms with Gasteiger partial charge < -0.3 is 10.9 Å². The van der Waals surface area contributed by atoms with Crippen LogP contribution in [0.25, 0.3) is 0 Å². The van der Waals surface area contributed by atoms with Gasteiger partial charge in [-0.1, -0.05) is 83.1 Å². The molecule has 0 aliphatic rings. The zero-order valence-corrected chi connectivity index (χ0v) is 17.4. The Hall–Kier alpha value is -1.96. The van der Waals surface area contributed by atoms with E-state index in [-0.39, 0.29) is 0 Å². The molecule has 0 radical (unpaired) electrons. The van der Waals surface area contributed by atoms with Crippen molar-refractivity contribution in [3.05, 3.63) is 59.7 Å². The molecule has 2 aromatic carbocycles. The first-order valence-corrected chi connectivity index (χ1v) is 11.0. The Bertz CT molecular complexity index is 601. The Morgan fingerprint density at radius 1 is 0.481 bits per heavy atom. The first-order valence-electron chi connectivity index (χ1n) is 11.0. The fourth-order valence-electron chi connectivity index (χ4n) is 3.34. The molecule has 2 heteroatoms. The Morgan fingerprint density at radius 2 is 0.852 bits per heavy atom. The molecular weight excluding hydrogens is 328 g/mol. The summed E-state index contributed by atoms with van der Waals surface area (Å²) in [5.41, 5.74) is 11.7. The van der Waals surface area contributed by atoms with Crippen LogP contribution in [0.4, 0.5) is 11.4 Å². The summed E-state index contributed by atoms with van der Waals surface area (Å²) in [6.07, 6.45) is 14.4. The van der Waals surface area contributed by atoms with Crippen LogP contribution < -0.4 is 10.9 Å². The van der Waals surface area contributed by atoms with Gasteiger partial charge in [0, 0.05) is 0 Å². The summed E-state index contributed by atoms with van der Waals surface area (Å²) in [6.45, 7) is 4.53. The van der Waals surface area contributed by atoms with Crippen LogP contribution in [-0.4, -0.2) is 0 Å². The van der Waals surface area contributed by atoms with Crippen LogP contribution in [0.1, 0.15) is 82.8 Å². The first-order chi connectivity index (χ1) is 13.3. The average molecular weight is 367 g/mol. The average Bonchev–Trinajstić information content (AvgIpc) is 2.71. The van der Waals surface area contributed by atoms with E-state index < -0.39 is 0 Å². The minimum absolute atomic E-state index is 1.10. The number of hydrazine groups is 1. The minimum atomic E-state index is 1.10. The van der Waals surface area contributed by atoms with Crippen LogP contribution in [0.5, 0.6) is 0 Å². The summed E-state index contributed by atoms with van der Waals surface area (Å²) in [5.74, 6) is 0. The van der Waals surface area contributed by atoms with Gasteiger partial charge in [-0.15, -0.1) is 0 Å². The molecule has 0 amide bonds. The van der Waals surface area contributed by atoms with E-state index in [9.17, 15) is 0 Å². The third-order valence-corrected chi connectivity index (χ3v) is 5.15. The number of hydrogen-bond acceptors (Lipinski definition) is 2.